The van der Waals surface area contributed by atoms with Gasteiger partial charge in [0.15, 0.2) is 5.76 Å². The van der Waals surface area contributed by atoms with Gasteiger partial charge in [-0.2, -0.15) is 0 Å². The van der Waals surface area contributed by atoms with Crippen molar-refractivity contribution in [3.8, 4) is 0 Å². The van der Waals surface area contributed by atoms with Gasteiger partial charge in [-0.05, 0) is 48.0 Å². The zero-order valence-corrected chi connectivity index (χ0v) is 17.8. The van der Waals surface area contributed by atoms with Crippen molar-refractivity contribution in [1.82, 2.24) is 9.55 Å². The molecule has 7 heteroatoms. The molecule has 5 rings (SSSR count). The number of hydrogen-bond acceptors (Lipinski definition) is 5. The summed E-state index contributed by atoms with van der Waals surface area (Å²) >= 11 is 1.69. The third-order valence-corrected chi connectivity index (χ3v) is 6.05. The summed E-state index contributed by atoms with van der Waals surface area (Å²) in [5.74, 6) is 0.396. The van der Waals surface area contributed by atoms with Crippen LogP contribution in [0.4, 0.5) is 5.69 Å². The molecule has 0 spiro atoms. The molecule has 0 fully saturated rings. The summed E-state index contributed by atoms with van der Waals surface area (Å²) in [4.78, 5) is 29.0. The van der Waals surface area contributed by atoms with E-state index in [0.717, 1.165) is 22.5 Å². The maximum atomic E-state index is 12.5. The zero-order chi connectivity index (χ0) is 21.9. The third kappa shape index (κ3) is 4.38. The molecule has 0 unspecified atom stereocenters. The Kier molecular flexibility index (Phi) is 5.39. The number of hydrogen-bond donors (Lipinski definition) is 1. The molecule has 158 valence electrons. The highest BCUT2D eigenvalue weighted by molar-refractivity contribution is 7.18. The molecule has 3 aromatic heterocycles. The Hall–Kier alpha value is -3.97. The van der Waals surface area contributed by atoms with Crippen LogP contribution in [0.1, 0.15) is 26.9 Å². The number of nitrogens with one attached hydrogen (secondary N) is 1. The van der Waals surface area contributed by atoms with Gasteiger partial charge in [-0.1, -0.05) is 30.3 Å². The molecule has 0 aliphatic heterocycles. The summed E-state index contributed by atoms with van der Waals surface area (Å²) in [6.07, 6.45) is 2.43. The first-order valence-electron chi connectivity index (χ1n) is 10.1. The van der Waals surface area contributed by atoms with E-state index in [9.17, 15) is 9.59 Å². The molecular weight excluding hydrogens is 422 g/mol. The lowest BCUT2D eigenvalue weighted by Crippen LogP contribution is -2.18. The fourth-order valence-electron chi connectivity index (χ4n) is 3.41. The number of anilines is 1. The van der Waals surface area contributed by atoms with Crippen molar-refractivity contribution in [2.45, 2.75) is 13.0 Å². The highest BCUT2D eigenvalue weighted by atomic mass is 32.1. The number of nitrogens with zero attached hydrogens (tertiary/aromatic N) is 2. The summed E-state index contributed by atoms with van der Waals surface area (Å²) in [6, 6.07) is 24.1. The van der Waals surface area contributed by atoms with Crippen LogP contribution in [0.2, 0.25) is 0 Å². The van der Waals surface area contributed by atoms with E-state index in [4.69, 9.17) is 4.42 Å². The summed E-state index contributed by atoms with van der Waals surface area (Å²) in [6.45, 7) is 0.271. The number of para-hydroxylation sites is 1. The summed E-state index contributed by atoms with van der Waals surface area (Å²) in [7, 11) is 0. The van der Waals surface area contributed by atoms with Gasteiger partial charge in [0.2, 0.25) is 0 Å². The number of rotatable bonds is 6. The molecule has 5 aromatic rings. The number of fused-ring (bicyclic) bond motifs is 1. The van der Waals surface area contributed by atoms with Crippen molar-refractivity contribution in [3.63, 3.8) is 0 Å². The quantitative estimate of drug-likeness (QED) is 0.405. The van der Waals surface area contributed by atoms with Gasteiger partial charge in [0.25, 0.3) is 11.5 Å². The molecule has 0 aliphatic rings. The number of carbonyl (C=O) groups excluding carboxylic acids is 1. The molecule has 0 aliphatic carbocycles. The fourth-order valence-corrected chi connectivity index (χ4v) is 4.41. The van der Waals surface area contributed by atoms with Crippen LogP contribution >= 0.6 is 11.3 Å². The standard InChI is InChI=1S/C25H19N3O3S/c29-24-7-3-4-14-28(24)16-19-12-13-21(31-19)25(30)26-18-10-8-17(9-11-18)15-23-27-20-5-1-2-6-22(20)32-23/h1-14H,15-16H2,(H,26,30). The minimum Gasteiger partial charge on any atom is -0.454 e. The van der Waals surface area contributed by atoms with E-state index in [1.165, 1.54) is 15.3 Å². The predicted octanol–water partition coefficient (Wildman–Crippen LogP) is 4.94. The number of pyridine rings is 1. The van der Waals surface area contributed by atoms with E-state index < -0.39 is 0 Å². The largest absolute Gasteiger partial charge is 0.454 e. The van der Waals surface area contributed by atoms with E-state index in [2.05, 4.69) is 16.4 Å². The molecule has 6 nitrogen and oxygen atoms in total. The fraction of sp³-hybridized carbons (Fsp3) is 0.0800. The van der Waals surface area contributed by atoms with Crippen LogP contribution in [0.25, 0.3) is 10.2 Å². The number of furan rings is 1. The maximum absolute atomic E-state index is 12.5. The van der Waals surface area contributed by atoms with E-state index in [0.29, 0.717) is 11.4 Å². The van der Waals surface area contributed by atoms with E-state index in [1.807, 2.05) is 42.5 Å². The van der Waals surface area contributed by atoms with Gasteiger partial charge in [0.05, 0.1) is 21.8 Å². The van der Waals surface area contributed by atoms with E-state index >= 15 is 0 Å². The average molecular weight is 442 g/mol. The third-order valence-electron chi connectivity index (χ3n) is 5.02. The van der Waals surface area contributed by atoms with Crippen LogP contribution in [0.15, 0.2) is 94.3 Å². The van der Waals surface area contributed by atoms with E-state index in [1.54, 1.807) is 41.8 Å². The number of carbonyl (C=O) groups is 1. The Balaban J connectivity index is 1.22. The molecule has 2 aromatic carbocycles. The second-order valence-electron chi connectivity index (χ2n) is 7.34. The molecule has 0 saturated heterocycles. The minimum atomic E-state index is -0.337. The second kappa shape index (κ2) is 8.64. The smallest absolute Gasteiger partial charge is 0.291 e. The first kappa shape index (κ1) is 20.0. The lowest BCUT2D eigenvalue weighted by molar-refractivity contribution is 0.0994. The topological polar surface area (TPSA) is 77.1 Å². The molecule has 0 radical (unpaired) electrons. The molecular formula is C25H19N3O3S. The van der Waals surface area contributed by atoms with Crippen molar-refractivity contribution in [1.29, 1.82) is 0 Å². The normalized spacial score (nSPS) is 11.0. The van der Waals surface area contributed by atoms with Crippen LogP contribution in [0.3, 0.4) is 0 Å². The molecule has 0 atom stereocenters. The summed E-state index contributed by atoms with van der Waals surface area (Å²) in [5.41, 5.74) is 2.70. The van der Waals surface area contributed by atoms with Crippen molar-refractivity contribution in [2.75, 3.05) is 5.32 Å². The highest BCUT2D eigenvalue weighted by Gasteiger charge is 2.12. The van der Waals surface area contributed by atoms with Crippen LogP contribution < -0.4 is 10.9 Å². The Morgan fingerprint density at radius 2 is 1.78 bits per heavy atom. The Morgan fingerprint density at radius 1 is 0.969 bits per heavy atom. The molecule has 0 saturated carbocycles. The van der Waals surface area contributed by atoms with Gasteiger partial charge < -0.3 is 14.3 Å². The maximum Gasteiger partial charge on any atom is 0.291 e. The van der Waals surface area contributed by atoms with Crippen LogP contribution in [0, 0.1) is 0 Å². The van der Waals surface area contributed by atoms with E-state index in [-0.39, 0.29) is 23.8 Å². The number of benzene rings is 2. The van der Waals surface area contributed by atoms with Crippen LogP contribution in [-0.4, -0.2) is 15.5 Å². The molecule has 1 amide bonds. The lowest BCUT2D eigenvalue weighted by atomic mass is 10.1. The molecule has 32 heavy (non-hydrogen) atoms. The Morgan fingerprint density at radius 3 is 2.59 bits per heavy atom. The predicted molar refractivity (Wildman–Crippen MR) is 125 cm³/mol. The van der Waals surface area contributed by atoms with Crippen molar-refractivity contribution in [3.05, 3.63) is 118 Å². The van der Waals surface area contributed by atoms with Crippen LogP contribution in [0.5, 0.6) is 0 Å². The SMILES string of the molecule is O=C(Nc1ccc(Cc2nc3ccccc3s2)cc1)c1ccc(Cn2ccccc2=O)o1. The van der Waals surface area contributed by atoms with Gasteiger partial charge in [-0.3, -0.25) is 9.59 Å². The molecule has 0 bridgehead atoms. The van der Waals surface area contributed by atoms with Gasteiger partial charge in [-0.25, -0.2) is 4.98 Å². The monoisotopic (exact) mass is 441 g/mol. The molecule has 1 N–H and O–H groups in total. The van der Waals surface area contributed by atoms with Gasteiger partial charge in [-0.15, -0.1) is 11.3 Å². The lowest BCUT2D eigenvalue weighted by Gasteiger charge is -2.05. The van der Waals surface area contributed by atoms with Crippen molar-refractivity contribution in [2.24, 2.45) is 0 Å². The van der Waals surface area contributed by atoms with Gasteiger partial charge in [0, 0.05) is 24.4 Å². The Bertz CT molecular complexity index is 1410. The minimum absolute atomic E-state index is 0.124. The summed E-state index contributed by atoms with van der Waals surface area (Å²) in [5, 5.41) is 3.90. The number of amides is 1. The number of thiazole rings is 1. The number of aromatic nitrogens is 2. The zero-order valence-electron chi connectivity index (χ0n) is 17.0. The van der Waals surface area contributed by atoms with Crippen molar-refractivity contribution < 1.29 is 9.21 Å². The van der Waals surface area contributed by atoms with Crippen LogP contribution in [-0.2, 0) is 13.0 Å². The van der Waals surface area contributed by atoms with Crippen molar-refractivity contribution >= 4 is 33.1 Å². The van der Waals surface area contributed by atoms with Gasteiger partial charge in [0.1, 0.15) is 5.76 Å². The average Bonchev–Trinajstić information content (AvgIpc) is 3.43. The first-order chi connectivity index (χ1) is 15.6. The second-order valence-corrected chi connectivity index (χ2v) is 8.45. The molecule has 3 heterocycles. The summed E-state index contributed by atoms with van der Waals surface area (Å²) < 4.78 is 8.33. The first-order valence-corrected chi connectivity index (χ1v) is 10.9. The Labute approximate surface area is 187 Å². The van der Waals surface area contributed by atoms with Gasteiger partial charge >= 0.3 is 0 Å². The highest BCUT2D eigenvalue weighted by Crippen LogP contribution is 2.24.